The summed E-state index contributed by atoms with van der Waals surface area (Å²) in [6.45, 7) is 6.89. The van der Waals surface area contributed by atoms with Crippen molar-refractivity contribution in [3.63, 3.8) is 0 Å². The molecule has 2 aliphatic rings. The number of hydrogen-bond acceptors (Lipinski definition) is 5. The molecule has 3 unspecified atom stereocenters. The van der Waals surface area contributed by atoms with Crippen LogP contribution >= 0.6 is 0 Å². The highest BCUT2D eigenvalue weighted by Crippen LogP contribution is 2.23. The molecule has 156 valence electrons. The van der Waals surface area contributed by atoms with Gasteiger partial charge in [0.25, 0.3) is 0 Å². The van der Waals surface area contributed by atoms with E-state index >= 15 is 0 Å². The van der Waals surface area contributed by atoms with Gasteiger partial charge in [0.05, 0.1) is 12.1 Å². The number of carbonyl (C=O) groups excluding carboxylic acids is 1. The van der Waals surface area contributed by atoms with Crippen molar-refractivity contribution in [2.45, 2.75) is 25.0 Å². The monoisotopic (exact) mass is 394 g/mol. The number of ketones is 1. The molecule has 5 nitrogen and oxygen atoms in total. The lowest BCUT2D eigenvalue weighted by Gasteiger charge is -2.38. The second-order valence-electron chi connectivity index (χ2n) is 8.06. The summed E-state index contributed by atoms with van der Waals surface area (Å²) in [4.78, 5) is 16.2. The van der Waals surface area contributed by atoms with Crippen LogP contribution in [0.2, 0.25) is 0 Å². The first-order chi connectivity index (χ1) is 14.1. The number of hydrogen-bond donors (Lipinski definition) is 2. The third kappa shape index (κ3) is 5.97. The maximum Gasteiger partial charge on any atom is 0.148 e. The maximum absolute atomic E-state index is 11.7. The van der Waals surface area contributed by atoms with Gasteiger partial charge in [-0.05, 0) is 32.1 Å². The number of nitrogens with one attached hydrogen (secondary N) is 2. The zero-order valence-corrected chi connectivity index (χ0v) is 17.8. The minimum absolute atomic E-state index is 0.0452. The van der Waals surface area contributed by atoms with Crippen LogP contribution in [0.15, 0.2) is 60.7 Å². The van der Waals surface area contributed by atoms with Crippen LogP contribution < -0.4 is 10.6 Å². The van der Waals surface area contributed by atoms with E-state index in [0.717, 1.165) is 32.7 Å². The average molecular weight is 395 g/mol. The predicted molar refractivity (Wildman–Crippen MR) is 119 cm³/mol. The molecule has 0 saturated carbocycles. The highest BCUT2D eigenvalue weighted by molar-refractivity contribution is 5.82. The van der Waals surface area contributed by atoms with Crippen LogP contribution in [0.3, 0.4) is 0 Å². The minimum atomic E-state index is -0.0452. The summed E-state index contributed by atoms with van der Waals surface area (Å²) in [6, 6.07) is 21.4. The third-order valence-electron chi connectivity index (χ3n) is 5.78. The Labute approximate surface area is 175 Å². The molecular formula is C24H34N4O. The second kappa shape index (κ2) is 10.6. The average Bonchev–Trinajstić information content (AvgIpc) is 2.75. The van der Waals surface area contributed by atoms with Crippen molar-refractivity contribution in [1.82, 2.24) is 20.4 Å². The number of likely N-dealkylation sites (N-methyl/N-ethyl adjacent to an activating group) is 2. The van der Waals surface area contributed by atoms with E-state index in [2.05, 4.69) is 69.9 Å². The van der Waals surface area contributed by atoms with Crippen molar-refractivity contribution >= 4 is 5.78 Å². The van der Waals surface area contributed by atoms with Gasteiger partial charge >= 0.3 is 0 Å². The van der Waals surface area contributed by atoms with Gasteiger partial charge in [0.1, 0.15) is 5.78 Å². The Kier molecular flexibility index (Phi) is 7.95. The Balaban J connectivity index is 0.000000169. The van der Waals surface area contributed by atoms with E-state index in [9.17, 15) is 4.79 Å². The standard InChI is InChI=1S/C13H18N2O.C11H16N2/c1-10(16)13-12(14-8-9-15(13)2)11-6-4-3-5-7-11;1-13-8-7-12-11(9-13)10-5-3-2-4-6-10/h3-7,12-14H,8-9H2,1-2H3;2-6,11-12H,7-9H2,1H3. The first-order valence-corrected chi connectivity index (χ1v) is 10.5. The topological polar surface area (TPSA) is 47.6 Å². The number of piperazine rings is 2. The first kappa shape index (κ1) is 21.7. The SMILES string of the molecule is CC(=O)C1C(c2ccccc2)NCCN1C.CN1CCNC(c2ccccc2)C1. The number of nitrogens with zero attached hydrogens (tertiary/aromatic N) is 2. The van der Waals surface area contributed by atoms with E-state index < -0.39 is 0 Å². The number of carbonyl (C=O) groups is 1. The number of benzene rings is 2. The molecule has 4 rings (SSSR count). The largest absolute Gasteiger partial charge is 0.308 e. The van der Waals surface area contributed by atoms with Gasteiger partial charge < -0.3 is 15.5 Å². The van der Waals surface area contributed by atoms with Crippen molar-refractivity contribution < 1.29 is 4.79 Å². The fourth-order valence-electron chi connectivity index (χ4n) is 4.21. The van der Waals surface area contributed by atoms with E-state index in [1.807, 2.05) is 25.2 Å². The van der Waals surface area contributed by atoms with Crippen LogP contribution in [0.1, 0.15) is 30.1 Å². The summed E-state index contributed by atoms with van der Waals surface area (Å²) in [5.41, 5.74) is 2.59. The fraction of sp³-hybridized carbons (Fsp3) is 0.458. The van der Waals surface area contributed by atoms with E-state index in [1.165, 1.54) is 11.1 Å². The molecule has 29 heavy (non-hydrogen) atoms. The third-order valence-corrected chi connectivity index (χ3v) is 5.78. The van der Waals surface area contributed by atoms with E-state index in [0.29, 0.717) is 6.04 Å². The van der Waals surface area contributed by atoms with Crippen molar-refractivity contribution in [2.24, 2.45) is 0 Å². The number of rotatable bonds is 3. The molecule has 0 radical (unpaired) electrons. The Hall–Kier alpha value is -2.05. The zero-order valence-electron chi connectivity index (χ0n) is 17.8. The lowest BCUT2D eigenvalue weighted by atomic mass is 9.93. The quantitative estimate of drug-likeness (QED) is 0.838. The molecule has 5 heteroatoms. The van der Waals surface area contributed by atoms with Crippen molar-refractivity contribution in [2.75, 3.05) is 46.8 Å². The molecule has 3 atom stereocenters. The molecule has 2 heterocycles. The van der Waals surface area contributed by atoms with Gasteiger partial charge in [-0.3, -0.25) is 9.69 Å². The summed E-state index contributed by atoms with van der Waals surface area (Å²) in [5.74, 6) is 0.226. The molecule has 2 aromatic rings. The van der Waals surface area contributed by atoms with Gasteiger partial charge in [-0.25, -0.2) is 0 Å². The van der Waals surface area contributed by atoms with E-state index in [-0.39, 0.29) is 17.9 Å². The summed E-state index contributed by atoms with van der Waals surface area (Å²) in [6.07, 6.45) is 0. The van der Waals surface area contributed by atoms with Crippen LogP contribution in [0.5, 0.6) is 0 Å². The summed E-state index contributed by atoms with van der Waals surface area (Å²) in [7, 11) is 4.19. The minimum Gasteiger partial charge on any atom is -0.308 e. The van der Waals surface area contributed by atoms with Crippen molar-refractivity contribution in [3.05, 3.63) is 71.8 Å². The summed E-state index contributed by atoms with van der Waals surface area (Å²) < 4.78 is 0. The lowest BCUT2D eigenvalue weighted by Crippen LogP contribution is -2.54. The molecule has 0 aromatic heterocycles. The van der Waals surface area contributed by atoms with Crippen LogP contribution in [-0.2, 0) is 4.79 Å². The Bertz CT molecular complexity index is 752. The predicted octanol–water partition coefficient (Wildman–Crippen LogP) is 2.48. The van der Waals surface area contributed by atoms with Gasteiger partial charge in [0.15, 0.2) is 0 Å². The van der Waals surface area contributed by atoms with Gasteiger partial charge in [0.2, 0.25) is 0 Å². The zero-order chi connectivity index (χ0) is 20.6. The molecule has 0 spiro atoms. The van der Waals surface area contributed by atoms with Crippen LogP contribution in [0.25, 0.3) is 0 Å². The highest BCUT2D eigenvalue weighted by Gasteiger charge is 2.33. The second-order valence-corrected chi connectivity index (χ2v) is 8.06. The summed E-state index contributed by atoms with van der Waals surface area (Å²) >= 11 is 0. The van der Waals surface area contributed by atoms with Crippen LogP contribution in [-0.4, -0.2) is 68.4 Å². The molecule has 2 aromatic carbocycles. The number of Topliss-reactive ketones (excluding diaryl/α,β-unsaturated/α-hetero) is 1. The Morgan fingerprint density at radius 2 is 1.45 bits per heavy atom. The Morgan fingerprint density at radius 1 is 0.862 bits per heavy atom. The molecular weight excluding hydrogens is 360 g/mol. The fourth-order valence-corrected chi connectivity index (χ4v) is 4.21. The molecule has 0 aliphatic carbocycles. The molecule has 2 fully saturated rings. The normalized spacial score (nSPS) is 25.7. The van der Waals surface area contributed by atoms with Crippen LogP contribution in [0.4, 0.5) is 0 Å². The van der Waals surface area contributed by atoms with Gasteiger partial charge in [-0.15, -0.1) is 0 Å². The lowest BCUT2D eigenvalue weighted by molar-refractivity contribution is -0.123. The van der Waals surface area contributed by atoms with Crippen molar-refractivity contribution in [3.8, 4) is 0 Å². The van der Waals surface area contributed by atoms with Crippen LogP contribution in [0, 0.1) is 0 Å². The maximum atomic E-state index is 11.7. The van der Waals surface area contributed by atoms with Crippen molar-refractivity contribution in [1.29, 1.82) is 0 Å². The summed E-state index contributed by atoms with van der Waals surface area (Å²) in [5, 5.41) is 6.96. The Morgan fingerprint density at radius 3 is 2.03 bits per heavy atom. The smallest absolute Gasteiger partial charge is 0.148 e. The highest BCUT2D eigenvalue weighted by atomic mass is 16.1. The molecule has 2 N–H and O–H groups in total. The van der Waals surface area contributed by atoms with Gasteiger partial charge in [-0.2, -0.15) is 0 Å². The van der Waals surface area contributed by atoms with Gasteiger partial charge in [-0.1, -0.05) is 60.7 Å². The molecule has 0 bridgehead atoms. The molecule has 0 amide bonds. The molecule has 2 saturated heterocycles. The van der Waals surface area contributed by atoms with Gasteiger partial charge in [0, 0.05) is 38.8 Å². The first-order valence-electron chi connectivity index (χ1n) is 10.5. The van der Waals surface area contributed by atoms with E-state index in [1.54, 1.807) is 6.92 Å². The molecule has 2 aliphatic heterocycles. The van der Waals surface area contributed by atoms with E-state index in [4.69, 9.17) is 0 Å².